The maximum Gasteiger partial charge on any atom is 0.411 e. The first-order valence-corrected chi connectivity index (χ1v) is 13.2. The van der Waals surface area contributed by atoms with E-state index >= 15 is 0 Å². The van der Waals surface area contributed by atoms with Gasteiger partial charge in [0.15, 0.2) is 11.6 Å². The molecule has 0 radical (unpaired) electrons. The summed E-state index contributed by atoms with van der Waals surface area (Å²) in [4.78, 5) is 54.7. The van der Waals surface area contributed by atoms with Crippen molar-refractivity contribution in [1.29, 1.82) is 0 Å². The molecule has 0 aliphatic carbocycles. The Morgan fingerprint density at radius 3 is 2.68 bits per heavy atom. The van der Waals surface area contributed by atoms with E-state index in [1.54, 1.807) is 36.5 Å². The summed E-state index contributed by atoms with van der Waals surface area (Å²) in [6, 6.07) is 9.88. The Morgan fingerprint density at radius 2 is 1.93 bits per heavy atom. The molecule has 41 heavy (non-hydrogen) atoms. The SMILES string of the molecule is COC(=O)Nc1ccc2c(c1)NC(=O)[C@H](C)C(=O)CC[C@H](NCCC(=O)c1c(F)ccc(Cl)c1F)c1cc-2ccn1. The van der Waals surface area contributed by atoms with Crippen molar-refractivity contribution in [1.82, 2.24) is 10.3 Å². The second kappa shape index (κ2) is 13.0. The number of nitrogens with one attached hydrogen (secondary N) is 3. The number of pyridine rings is 1. The van der Waals surface area contributed by atoms with Crippen LogP contribution < -0.4 is 16.0 Å². The van der Waals surface area contributed by atoms with Crippen molar-refractivity contribution in [3.05, 3.63) is 76.6 Å². The molecule has 2 heterocycles. The van der Waals surface area contributed by atoms with Gasteiger partial charge >= 0.3 is 6.09 Å². The van der Waals surface area contributed by atoms with Gasteiger partial charge < -0.3 is 15.4 Å². The fourth-order valence-electron chi connectivity index (χ4n) is 4.46. The smallest absolute Gasteiger partial charge is 0.411 e. The van der Waals surface area contributed by atoms with E-state index in [0.717, 1.165) is 12.1 Å². The van der Waals surface area contributed by atoms with Gasteiger partial charge in [-0.3, -0.25) is 24.7 Å². The van der Waals surface area contributed by atoms with Crippen LogP contribution in [-0.2, 0) is 14.3 Å². The molecule has 4 rings (SSSR count). The monoisotopic (exact) mass is 584 g/mol. The van der Waals surface area contributed by atoms with Gasteiger partial charge in [0.2, 0.25) is 5.91 Å². The van der Waals surface area contributed by atoms with Gasteiger partial charge in [-0.1, -0.05) is 17.7 Å². The number of rotatable bonds is 6. The molecule has 1 aromatic heterocycles. The van der Waals surface area contributed by atoms with Gasteiger partial charge in [-0.15, -0.1) is 0 Å². The largest absolute Gasteiger partial charge is 0.453 e. The van der Waals surface area contributed by atoms with Crippen LogP contribution in [0.2, 0.25) is 5.02 Å². The van der Waals surface area contributed by atoms with Crippen LogP contribution in [0.1, 0.15) is 48.3 Å². The van der Waals surface area contributed by atoms with Crippen molar-refractivity contribution in [3.8, 4) is 11.1 Å². The third-order valence-electron chi connectivity index (χ3n) is 6.78. The molecule has 1 aliphatic rings. The Balaban J connectivity index is 1.63. The molecule has 214 valence electrons. The summed E-state index contributed by atoms with van der Waals surface area (Å²) >= 11 is 5.72. The van der Waals surface area contributed by atoms with Crippen LogP contribution in [0, 0.1) is 17.6 Å². The highest BCUT2D eigenvalue weighted by Gasteiger charge is 2.26. The predicted molar refractivity (Wildman–Crippen MR) is 149 cm³/mol. The summed E-state index contributed by atoms with van der Waals surface area (Å²) in [6.07, 6.45) is 0.933. The summed E-state index contributed by atoms with van der Waals surface area (Å²) in [7, 11) is 1.23. The standard InChI is InChI=1S/C29H27ClF2N4O5/c1-15-24(37)8-7-21(33-12-10-25(38)26-20(31)6-5-19(30)27(26)32)23-13-16(9-11-34-23)18-4-3-17(35-29(40)41-2)14-22(18)36-28(15)39/h3-6,9,11,13-15,21,33H,7-8,10,12H2,1-2H3,(H,35,40)(H,36,39)/t15-,21+/m1/s1. The summed E-state index contributed by atoms with van der Waals surface area (Å²) in [6.45, 7) is 1.54. The average Bonchev–Trinajstić information content (AvgIpc) is 2.96. The highest BCUT2D eigenvalue weighted by molar-refractivity contribution is 6.31. The number of carbonyl (C=O) groups is 4. The van der Waals surface area contributed by atoms with Crippen molar-refractivity contribution in [2.45, 2.75) is 32.2 Å². The Labute approximate surface area is 239 Å². The van der Waals surface area contributed by atoms with E-state index in [9.17, 15) is 28.0 Å². The molecule has 2 bridgehead atoms. The molecule has 1 aliphatic heterocycles. The second-order valence-corrected chi connectivity index (χ2v) is 9.87. The number of ketones is 2. The first kappa shape index (κ1) is 29.8. The summed E-state index contributed by atoms with van der Waals surface area (Å²) in [5.41, 5.74) is 1.89. The van der Waals surface area contributed by atoms with Crippen molar-refractivity contribution >= 4 is 46.5 Å². The number of aromatic nitrogens is 1. The molecule has 2 atom stereocenters. The number of nitrogens with zero attached hydrogens (tertiary/aromatic N) is 1. The maximum absolute atomic E-state index is 14.3. The van der Waals surface area contributed by atoms with E-state index in [4.69, 9.17) is 11.6 Å². The number of amides is 2. The van der Waals surface area contributed by atoms with Crippen LogP contribution in [0.5, 0.6) is 0 Å². The number of fused-ring (bicyclic) bond motifs is 4. The lowest BCUT2D eigenvalue weighted by molar-refractivity contribution is -0.130. The van der Waals surface area contributed by atoms with Gasteiger partial charge in [-0.25, -0.2) is 13.6 Å². The van der Waals surface area contributed by atoms with Gasteiger partial charge in [-0.05, 0) is 55.3 Å². The molecule has 0 fully saturated rings. The van der Waals surface area contributed by atoms with E-state index < -0.39 is 46.9 Å². The van der Waals surface area contributed by atoms with Gasteiger partial charge in [0.05, 0.1) is 35.0 Å². The third-order valence-corrected chi connectivity index (χ3v) is 7.07. The zero-order valence-corrected chi connectivity index (χ0v) is 23.0. The Morgan fingerprint density at radius 1 is 1.15 bits per heavy atom. The first-order chi connectivity index (χ1) is 19.6. The molecule has 0 unspecified atom stereocenters. The molecule has 2 aromatic carbocycles. The van der Waals surface area contributed by atoms with E-state index in [1.165, 1.54) is 14.0 Å². The molecule has 0 saturated heterocycles. The lowest BCUT2D eigenvalue weighted by Crippen LogP contribution is -2.30. The minimum absolute atomic E-state index is 0.0282. The van der Waals surface area contributed by atoms with Crippen LogP contribution in [0.25, 0.3) is 11.1 Å². The fraction of sp³-hybridized carbons (Fsp3) is 0.276. The fourth-order valence-corrected chi connectivity index (χ4v) is 4.62. The number of hydrogen-bond acceptors (Lipinski definition) is 7. The van der Waals surface area contributed by atoms with Crippen molar-refractivity contribution in [2.24, 2.45) is 5.92 Å². The summed E-state index contributed by atoms with van der Waals surface area (Å²) in [5, 5.41) is 8.15. The van der Waals surface area contributed by atoms with Crippen LogP contribution in [0.3, 0.4) is 0 Å². The number of methoxy groups -OCH3 is 1. The normalized spacial score (nSPS) is 17.0. The number of anilines is 2. The summed E-state index contributed by atoms with van der Waals surface area (Å²) in [5.74, 6) is -4.67. The van der Waals surface area contributed by atoms with E-state index in [0.29, 0.717) is 28.2 Å². The molecule has 3 aromatic rings. The molecule has 0 saturated carbocycles. The molecule has 0 spiro atoms. The van der Waals surface area contributed by atoms with E-state index in [-0.39, 0.29) is 36.6 Å². The molecule has 12 heteroatoms. The molecular weight excluding hydrogens is 558 g/mol. The Bertz CT molecular complexity index is 1520. The molecule has 2 amide bonds. The second-order valence-electron chi connectivity index (χ2n) is 9.46. The van der Waals surface area contributed by atoms with Crippen molar-refractivity contribution < 1.29 is 32.7 Å². The maximum atomic E-state index is 14.3. The highest BCUT2D eigenvalue weighted by atomic mass is 35.5. The van der Waals surface area contributed by atoms with E-state index in [2.05, 4.69) is 25.7 Å². The zero-order valence-electron chi connectivity index (χ0n) is 22.2. The van der Waals surface area contributed by atoms with Crippen LogP contribution in [0.4, 0.5) is 25.0 Å². The number of carbonyl (C=O) groups excluding carboxylic acids is 4. The highest BCUT2D eigenvalue weighted by Crippen LogP contribution is 2.33. The Hall–Kier alpha value is -4.22. The number of halogens is 3. The minimum atomic E-state index is -1.11. The van der Waals surface area contributed by atoms with E-state index in [1.807, 2.05) is 0 Å². The Kier molecular flexibility index (Phi) is 9.41. The first-order valence-electron chi connectivity index (χ1n) is 12.8. The minimum Gasteiger partial charge on any atom is -0.453 e. The topological polar surface area (TPSA) is 126 Å². The number of Topliss-reactive ketones (excluding diaryl/α,β-unsaturated/α-hetero) is 2. The molecule has 3 N–H and O–H groups in total. The van der Waals surface area contributed by atoms with Crippen molar-refractivity contribution in [2.75, 3.05) is 24.3 Å². The van der Waals surface area contributed by atoms with Gasteiger partial charge in [0.1, 0.15) is 11.6 Å². The van der Waals surface area contributed by atoms with Gasteiger partial charge in [-0.2, -0.15) is 0 Å². The van der Waals surface area contributed by atoms with Crippen molar-refractivity contribution in [3.63, 3.8) is 0 Å². The lowest BCUT2D eigenvalue weighted by atomic mass is 9.94. The van der Waals surface area contributed by atoms with Gasteiger partial charge in [0.25, 0.3) is 0 Å². The predicted octanol–water partition coefficient (Wildman–Crippen LogP) is 5.70. The zero-order chi connectivity index (χ0) is 29.7. The van der Waals surface area contributed by atoms with Crippen LogP contribution >= 0.6 is 11.6 Å². The number of benzene rings is 2. The number of ether oxygens (including phenoxy) is 1. The number of hydrogen-bond donors (Lipinski definition) is 3. The molecule has 9 nitrogen and oxygen atoms in total. The lowest BCUT2D eigenvalue weighted by Gasteiger charge is -2.22. The van der Waals surface area contributed by atoms with Crippen LogP contribution in [0.15, 0.2) is 48.7 Å². The summed E-state index contributed by atoms with van der Waals surface area (Å²) < 4.78 is 33.1. The van der Waals surface area contributed by atoms with Crippen LogP contribution in [-0.4, -0.2) is 42.2 Å². The third kappa shape index (κ3) is 6.93. The quantitative estimate of drug-likeness (QED) is 0.193. The van der Waals surface area contributed by atoms with Gasteiger partial charge in [0, 0.05) is 42.9 Å². The average molecular weight is 585 g/mol. The molecular formula is C29H27ClF2N4O5.